The van der Waals surface area contributed by atoms with Crippen LogP contribution in [0.3, 0.4) is 0 Å². The van der Waals surface area contributed by atoms with E-state index in [2.05, 4.69) is 11.9 Å². The molecule has 0 unspecified atom stereocenters. The van der Waals surface area contributed by atoms with Crippen LogP contribution in [-0.4, -0.2) is 55.8 Å². The Morgan fingerprint density at radius 3 is 2.39 bits per heavy atom. The van der Waals surface area contributed by atoms with E-state index in [1.165, 1.54) is 0 Å². The lowest BCUT2D eigenvalue weighted by molar-refractivity contribution is -0.871. The Bertz CT molecular complexity index is 518. The number of quaternary nitrogens is 1. The molecule has 0 radical (unpaired) electrons. The van der Waals surface area contributed by atoms with Gasteiger partial charge in [-0.25, -0.2) is 0 Å². The lowest BCUT2D eigenvalue weighted by Crippen LogP contribution is -2.49. The van der Waals surface area contributed by atoms with Crippen molar-refractivity contribution in [1.82, 2.24) is 5.32 Å². The summed E-state index contributed by atoms with van der Waals surface area (Å²) in [5.41, 5.74) is 0.573. The van der Waals surface area contributed by atoms with Crippen molar-refractivity contribution in [2.75, 3.05) is 34.3 Å². The highest BCUT2D eigenvalue weighted by atomic mass is 16.5. The van der Waals surface area contributed by atoms with Gasteiger partial charge in [0.1, 0.15) is 5.75 Å². The minimum atomic E-state index is -0.170. The van der Waals surface area contributed by atoms with Crippen LogP contribution >= 0.6 is 0 Å². The molecular formula is C18H29N2O3+. The number of carbonyl (C=O) groups excluding carboxylic acids is 1. The maximum atomic E-state index is 12.4. The summed E-state index contributed by atoms with van der Waals surface area (Å²) in [6.45, 7) is 6.93. The van der Waals surface area contributed by atoms with Gasteiger partial charge in [-0.3, -0.25) is 4.79 Å². The first-order chi connectivity index (χ1) is 10.7. The molecule has 5 heteroatoms. The zero-order chi connectivity index (χ0) is 17.5. The van der Waals surface area contributed by atoms with E-state index in [4.69, 9.17) is 4.74 Å². The molecule has 0 spiro atoms. The first kappa shape index (κ1) is 19.0. The second-order valence-electron chi connectivity index (χ2n) is 6.79. The molecule has 5 nitrogen and oxygen atoms in total. The molecule has 1 rings (SSSR count). The Hall–Kier alpha value is -2.01. The Morgan fingerprint density at radius 2 is 1.91 bits per heavy atom. The highest BCUT2D eigenvalue weighted by Gasteiger charge is 2.21. The summed E-state index contributed by atoms with van der Waals surface area (Å²) < 4.78 is 6.19. The van der Waals surface area contributed by atoms with E-state index in [0.29, 0.717) is 29.6 Å². The fraction of sp³-hybridized carbons (Fsp3) is 0.500. The summed E-state index contributed by atoms with van der Waals surface area (Å²) in [7, 11) is 6.12. The Kier molecular flexibility index (Phi) is 7.10. The molecule has 0 aromatic heterocycles. The zero-order valence-corrected chi connectivity index (χ0v) is 14.6. The van der Waals surface area contributed by atoms with Crippen LogP contribution in [0.4, 0.5) is 0 Å². The maximum Gasteiger partial charge on any atom is 0.251 e. The Balaban J connectivity index is 2.71. The van der Waals surface area contributed by atoms with Gasteiger partial charge in [0.05, 0.1) is 46.1 Å². The molecule has 1 atom stereocenters. The van der Waals surface area contributed by atoms with Gasteiger partial charge in [-0.1, -0.05) is 13.5 Å². The number of ether oxygens (including phenoxy) is 1. The number of rotatable bonds is 9. The van der Waals surface area contributed by atoms with Crippen LogP contribution in [0.5, 0.6) is 5.75 Å². The topological polar surface area (TPSA) is 58.6 Å². The normalized spacial score (nSPS) is 12.5. The van der Waals surface area contributed by atoms with Gasteiger partial charge in [0.15, 0.2) is 0 Å². The van der Waals surface area contributed by atoms with Crippen molar-refractivity contribution in [3.05, 3.63) is 42.2 Å². The molecule has 0 bridgehead atoms. The number of aliphatic hydroxyl groups excluding tert-OH is 1. The third-order valence-electron chi connectivity index (χ3n) is 3.17. The average molecular weight is 321 g/mol. The monoisotopic (exact) mass is 321 g/mol. The van der Waals surface area contributed by atoms with E-state index in [1.54, 1.807) is 24.3 Å². The number of likely N-dealkylation sites (N-methyl/N-ethyl adjacent to an activating group) is 1. The third-order valence-corrected chi connectivity index (χ3v) is 3.17. The molecule has 0 aliphatic rings. The van der Waals surface area contributed by atoms with Gasteiger partial charge in [0.25, 0.3) is 5.91 Å². The molecule has 1 amide bonds. The van der Waals surface area contributed by atoms with Crippen LogP contribution in [0.25, 0.3) is 0 Å². The van der Waals surface area contributed by atoms with Crippen molar-refractivity contribution in [2.24, 2.45) is 0 Å². The van der Waals surface area contributed by atoms with Crippen LogP contribution in [0, 0.1) is 0 Å². The summed E-state index contributed by atoms with van der Waals surface area (Å²) in [5, 5.41) is 12.4. The lowest BCUT2D eigenvalue weighted by atomic mass is 10.1. The van der Waals surface area contributed by atoms with Gasteiger partial charge in [-0.05, 0) is 30.7 Å². The van der Waals surface area contributed by atoms with Crippen LogP contribution in [0.1, 0.15) is 30.1 Å². The summed E-state index contributed by atoms with van der Waals surface area (Å²) in [5.74, 6) is 0.675. The molecule has 0 fully saturated rings. The molecule has 128 valence electrons. The Morgan fingerprint density at radius 1 is 1.30 bits per heavy atom. The number of benzene rings is 1. The largest absolute Gasteiger partial charge is 0.513 e. The molecule has 1 aromatic rings. The van der Waals surface area contributed by atoms with E-state index >= 15 is 0 Å². The van der Waals surface area contributed by atoms with E-state index in [-0.39, 0.29) is 17.7 Å². The van der Waals surface area contributed by atoms with Crippen molar-refractivity contribution >= 4 is 5.91 Å². The van der Waals surface area contributed by atoms with Crippen LogP contribution in [-0.2, 0) is 0 Å². The average Bonchev–Trinajstić information content (AvgIpc) is 2.43. The Labute approximate surface area is 139 Å². The van der Waals surface area contributed by atoms with Gasteiger partial charge in [-0.15, -0.1) is 0 Å². The summed E-state index contributed by atoms with van der Waals surface area (Å²) >= 11 is 0. The summed E-state index contributed by atoms with van der Waals surface area (Å²) in [6.07, 6.45) is 1.29. The molecule has 0 saturated carbocycles. The van der Waals surface area contributed by atoms with Crippen molar-refractivity contribution in [2.45, 2.75) is 25.8 Å². The number of nitrogens with one attached hydrogen (secondary N) is 1. The van der Waals surface area contributed by atoms with Gasteiger partial charge in [0, 0.05) is 12.0 Å². The van der Waals surface area contributed by atoms with E-state index < -0.39 is 0 Å². The smallest absolute Gasteiger partial charge is 0.251 e. The molecule has 23 heavy (non-hydrogen) atoms. The standard InChI is InChI=1S/C18H28N2O3/c1-6-11-23-17-9-7-15(8-10-17)18(22)19-16(12-14(2)21)13-20(3,4)5/h7-10,16H,2,6,11-13H2,1,3-5H3,(H-,19,21,22)/p+1/t16-/m1/s1. The number of hydrogen-bond donors (Lipinski definition) is 2. The molecule has 0 saturated heterocycles. The first-order valence-corrected chi connectivity index (χ1v) is 7.92. The molecule has 0 aliphatic heterocycles. The van der Waals surface area contributed by atoms with Crippen LogP contribution in [0.2, 0.25) is 0 Å². The molecular weight excluding hydrogens is 292 g/mol. The fourth-order valence-electron chi connectivity index (χ4n) is 2.30. The second kappa shape index (κ2) is 8.58. The third kappa shape index (κ3) is 7.70. The van der Waals surface area contributed by atoms with Crippen molar-refractivity contribution in [3.63, 3.8) is 0 Å². The van der Waals surface area contributed by atoms with Gasteiger partial charge in [0.2, 0.25) is 0 Å². The molecule has 1 aromatic carbocycles. The number of aliphatic hydroxyl groups is 1. The van der Waals surface area contributed by atoms with Crippen molar-refractivity contribution in [1.29, 1.82) is 0 Å². The number of hydrogen-bond acceptors (Lipinski definition) is 3. The molecule has 0 heterocycles. The van der Waals surface area contributed by atoms with Gasteiger partial charge < -0.3 is 19.6 Å². The number of amides is 1. The highest BCUT2D eigenvalue weighted by Crippen LogP contribution is 2.13. The predicted octanol–water partition coefficient (Wildman–Crippen LogP) is 2.74. The van der Waals surface area contributed by atoms with E-state index in [9.17, 15) is 9.90 Å². The minimum Gasteiger partial charge on any atom is -0.513 e. The zero-order valence-electron chi connectivity index (χ0n) is 14.6. The predicted molar refractivity (Wildman–Crippen MR) is 92.8 cm³/mol. The lowest BCUT2D eigenvalue weighted by Gasteiger charge is -2.29. The van der Waals surface area contributed by atoms with Gasteiger partial charge in [-0.2, -0.15) is 0 Å². The van der Waals surface area contributed by atoms with Crippen molar-refractivity contribution in [3.8, 4) is 5.75 Å². The summed E-state index contributed by atoms with van der Waals surface area (Å²) in [4.78, 5) is 12.4. The van der Waals surface area contributed by atoms with Crippen molar-refractivity contribution < 1.29 is 19.1 Å². The fourth-order valence-corrected chi connectivity index (χ4v) is 2.30. The van der Waals surface area contributed by atoms with E-state index in [0.717, 1.165) is 12.2 Å². The SMILES string of the molecule is C=C(O)C[C@H](C[N+](C)(C)C)NC(=O)c1ccc(OCCC)cc1. The number of nitrogens with zero attached hydrogens (tertiary/aromatic N) is 1. The van der Waals surface area contributed by atoms with Crippen LogP contribution in [0.15, 0.2) is 36.6 Å². The molecule has 0 aliphatic carbocycles. The first-order valence-electron chi connectivity index (χ1n) is 7.92. The maximum absolute atomic E-state index is 12.4. The molecule has 2 N–H and O–H groups in total. The number of carbonyl (C=O) groups is 1. The van der Waals surface area contributed by atoms with Gasteiger partial charge >= 0.3 is 0 Å². The highest BCUT2D eigenvalue weighted by molar-refractivity contribution is 5.94. The van der Waals surface area contributed by atoms with Crippen LogP contribution < -0.4 is 10.1 Å². The second-order valence-corrected chi connectivity index (χ2v) is 6.79. The van der Waals surface area contributed by atoms with E-state index in [1.807, 2.05) is 28.1 Å². The minimum absolute atomic E-state index is 0.0760. The summed E-state index contributed by atoms with van der Waals surface area (Å²) in [6, 6.07) is 6.92. The quantitative estimate of drug-likeness (QED) is 0.543.